The lowest BCUT2D eigenvalue weighted by Gasteiger charge is -2.35. The van der Waals surface area contributed by atoms with Crippen molar-refractivity contribution in [3.05, 3.63) is 97.1 Å². The Morgan fingerprint density at radius 2 is 1.25 bits per heavy atom. The molecule has 19 heteroatoms. The van der Waals surface area contributed by atoms with Gasteiger partial charge in [-0.15, -0.1) is 10.2 Å². The van der Waals surface area contributed by atoms with Crippen LogP contribution in [0.1, 0.15) is 72.1 Å². The summed E-state index contributed by atoms with van der Waals surface area (Å²) in [5.74, 6) is 2.36. The van der Waals surface area contributed by atoms with Crippen LogP contribution in [0.3, 0.4) is 0 Å². The van der Waals surface area contributed by atoms with Crippen LogP contribution >= 0.6 is 0 Å². The second kappa shape index (κ2) is 20.0. The lowest BCUT2D eigenvalue weighted by Crippen LogP contribution is -2.52. The Balaban J connectivity index is 0.000000189. The molecule has 4 aromatic carbocycles. The molecular weight excluding hydrogens is 879 g/mol. The third-order valence-electron chi connectivity index (χ3n) is 12.4. The van der Waals surface area contributed by atoms with E-state index < -0.39 is 29.1 Å². The average molecular weight is 936 g/mol. The molecule has 1 aliphatic carbocycles. The van der Waals surface area contributed by atoms with Crippen LogP contribution in [0.25, 0.3) is 55.9 Å². The molecule has 3 amide bonds. The van der Waals surface area contributed by atoms with Gasteiger partial charge < -0.3 is 41.6 Å². The summed E-state index contributed by atoms with van der Waals surface area (Å²) in [7, 11) is 3.23. The molecule has 19 nitrogen and oxygen atoms in total. The number of carbonyl (C=O) groups is 3. The van der Waals surface area contributed by atoms with E-state index >= 15 is 0 Å². The van der Waals surface area contributed by atoms with Gasteiger partial charge in [0.15, 0.2) is 22.9 Å². The van der Waals surface area contributed by atoms with Crippen LogP contribution in [0.15, 0.2) is 97.1 Å². The number of methoxy groups -OCH3 is 2. The normalized spacial score (nSPS) is 13.9. The third kappa shape index (κ3) is 10.3. The number of carboxylic acid groups (broad SMARTS) is 1. The number of aromatic nitrogens is 8. The summed E-state index contributed by atoms with van der Waals surface area (Å²) in [6, 6.07) is 29.7. The molecule has 1 atom stereocenters. The summed E-state index contributed by atoms with van der Waals surface area (Å²) >= 11 is 0. The molecular formula is C50H57N13O6. The van der Waals surface area contributed by atoms with Gasteiger partial charge in [0.2, 0.25) is 23.7 Å². The zero-order valence-corrected chi connectivity index (χ0v) is 39.3. The Labute approximate surface area is 398 Å². The van der Waals surface area contributed by atoms with Crippen LogP contribution in [-0.4, -0.2) is 105 Å². The Hall–Kier alpha value is -8.09. The summed E-state index contributed by atoms with van der Waals surface area (Å²) < 4.78 is 13.9. The topological polar surface area (TPSA) is 255 Å². The Kier molecular flexibility index (Phi) is 13.8. The van der Waals surface area contributed by atoms with Crippen molar-refractivity contribution in [1.29, 1.82) is 0 Å². The molecule has 0 radical (unpaired) electrons. The van der Waals surface area contributed by atoms with Crippen molar-refractivity contribution in [3.8, 4) is 34.3 Å². The maximum atomic E-state index is 12.5. The summed E-state index contributed by atoms with van der Waals surface area (Å²) in [6.07, 6.45) is 4.94. The highest BCUT2D eigenvalue weighted by molar-refractivity contribution is 5.95. The minimum atomic E-state index is -0.970. The number of carbonyl (C=O) groups excluding carboxylic acids is 2. The minimum Gasteiger partial charge on any atom is -0.497 e. The fourth-order valence-corrected chi connectivity index (χ4v) is 8.63. The van der Waals surface area contributed by atoms with Crippen LogP contribution in [0, 0.1) is 0 Å². The van der Waals surface area contributed by atoms with Crippen LogP contribution in [-0.2, 0) is 9.59 Å². The van der Waals surface area contributed by atoms with E-state index in [1.165, 1.54) is 4.90 Å². The molecule has 1 aliphatic rings. The van der Waals surface area contributed by atoms with E-state index in [2.05, 4.69) is 15.7 Å². The number of unbranched alkanes of at least 4 members (excludes halogenated alkanes) is 1. The second-order valence-electron chi connectivity index (χ2n) is 18.0. The first-order valence-electron chi connectivity index (χ1n) is 22.9. The van der Waals surface area contributed by atoms with Gasteiger partial charge in [-0.2, -0.15) is 9.03 Å². The van der Waals surface area contributed by atoms with Crippen molar-refractivity contribution in [2.24, 2.45) is 11.5 Å². The van der Waals surface area contributed by atoms with Crippen LogP contribution in [0.4, 0.5) is 16.7 Å². The van der Waals surface area contributed by atoms with E-state index in [0.717, 1.165) is 52.4 Å². The van der Waals surface area contributed by atoms with Gasteiger partial charge in [0.1, 0.15) is 23.1 Å². The number of para-hydroxylation sites is 2. The van der Waals surface area contributed by atoms with Gasteiger partial charge in [-0.1, -0.05) is 67.8 Å². The van der Waals surface area contributed by atoms with E-state index in [0.29, 0.717) is 84.8 Å². The number of nitrogens with one attached hydrogen (secondary N) is 2. The van der Waals surface area contributed by atoms with Gasteiger partial charge in [0, 0.05) is 34.0 Å². The quantitative estimate of drug-likeness (QED) is 0.0617. The van der Waals surface area contributed by atoms with Crippen molar-refractivity contribution < 1.29 is 29.0 Å². The largest absolute Gasteiger partial charge is 0.497 e. The van der Waals surface area contributed by atoms with Gasteiger partial charge in [-0.3, -0.25) is 9.59 Å². The van der Waals surface area contributed by atoms with E-state index in [1.54, 1.807) is 23.3 Å². The fraction of sp³-hybridized carbons (Fsp3) is 0.340. The maximum Gasteiger partial charge on any atom is 0.407 e. The first-order chi connectivity index (χ1) is 33.2. The number of hydrogen-bond donors (Lipinski definition) is 5. The third-order valence-corrected chi connectivity index (χ3v) is 12.4. The van der Waals surface area contributed by atoms with E-state index in [4.69, 9.17) is 46.0 Å². The first kappa shape index (κ1) is 47.4. The molecule has 7 N–H and O–H groups in total. The molecule has 0 unspecified atom stereocenters. The average Bonchev–Trinajstić information content (AvgIpc) is 4.01. The van der Waals surface area contributed by atoms with E-state index in [-0.39, 0.29) is 5.91 Å². The summed E-state index contributed by atoms with van der Waals surface area (Å²) in [5.41, 5.74) is 14.6. The van der Waals surface area contributed by atoms with Crippen LogP contribution in [0.5, 0.6) is 11.5 Å². The highest BCUT2D eigenvalue weighted by Gasteiger charge is 2.39. The molecule has 1 saturated carbocycles. The molecule has 4 heterocycles. The number of anilines is 2. The minimum absolute atomic E-state index is 0.339. The van der Waals surface area contributed by atoms with E-state index in [1.807, 2.05) is 118 Å². The molecule has 0 spiro atoms. The molecule has 1 fully saturated rings. The number of primary amides is 2. The maximum absolute atomic E-state index is 12.5. The number of fused-ring (bicyclic) bond motifs is 6. The monoisotopic (exact) mass is 935 g/mol. The molecule has 69 heavy (non-hydrogen) atoms. The SMILES string of the molecule is COc1cccc(-c2nc3c4ccccc4nc(NC4(C(N)=O)CCCCC4)n3n2)c1.COc1cccc(-c2nc3c4ccccc4nc(N[C@@H](CCCCN(C(=O)O)C(C)(C)C)C(N)=O)n3n2)c1. The number of nitrogens with two attached hydrogens (primary N) is 2. The molecule has 4 aromatic heterocycles. The lowest BCUT2D eigenvalue weighted by atomic mass is 9.81. The molecule has 358 valence electrons. The molecule has 0 bridgehead atoms. The van der Waals surface area contributed by atoms with Crippen molar-refractivity contribution in [2.75, 3.05) is 31.4 Å². The standard InChI is InChI=1S/C27H33N7O4.C23H24N6O2/c1-27(2,3)33(26(36)37)15-8-7-14-21(22(28)35)30-25-29-20-13-6-5-12-19(20)24-31-23(32-34(24)25)17-10-9-11-18(16-17)38-4;1-31-16-9-7-8-15(14-16)19-26-20-17-10-3-4-11-18(17)25-22(29(20)28-19)27-23(21(24)30)12-5-2-6-13-23/h5-6,9-13,16,21H,7-8,14-15H2,1-4H3,(H2,28,35)(H,29,30)(H,36,37);3-4,7-11,14H,2,5-6,12-13H2,1H3,(H2,24,30)(H,25,27)/t21-;/m0./s1. The van der Waals surface area contributed by atoms with Crippen molar-refractivity contribution in [2.45, 2.75) is 89.3 Å². The number of ether oxygens (including phenoxy) is 2. The summed E-state index contributed by atoms with van der Waals surface area (Å²) in [5, 5.41) is 27.2. The number of amides is 3. The zero-order valence-electron chi connectivity index (χ0n) is 39.3. The zero-order chi connectivity index (χ0) is 48.9. The Bertz CT molecular complexity index is 3160. The number of nitrogens with zero attached hydrogens (tertiary/aromatic N) is 9. The van der Waals surface area contributed by atoms with Gasteiger partial charge >= 0.3 is 6.09 Å². The van der Waals surface area contributed by atoms with Gasteiger partial charge in [0.05, 0.1) is 25.3 Å². The van der Waals surface area contributed by atoms with Gasteiger partial charge in [-0.25, -0.2) is 24.7 Å². The molecule has 8 aromatic rings. The van der Waals surface area contributed by atoms with Crippen molar-refractivity contribution in [3.63, 3.8) is 0 Å². The van der Waals surface area contributed by atoms with Gasteiger partial charge in [-0.05, 0) is 101 Å². The predicted molar refractivity (Wildman–Crippen MR) is 264 cm³/mol. The number of rotatable bonds is 15. The highest BCUT2D eigenvalue weighted by atomic mass is 16.5. The van der Waals surface area contributed by atoms with Crippen LogP contribution < -0.4 is 31.6 Å². The summed E-state index contributed by atoms with van der Waals surface area (Å²) in [4.78, 5) is 56.9. The Morgan fingerprint density at radius 1 is 0.725 bits per heavy atom. The smallest absolute Gasteiger partial charge is 0.407 e. The second-order valence-corrected chi connectivity index (χ2v) is 18.0. The first-order valence-corrected chi connectivity index (χ1v) is 22.9. The molecule has 9 rings (SSSR count). The number of hydrogen-bond acceptors (Lipinski definition) is 13. The molecule has 0 aliphatic heterocycles. The lowest BCUT2D eigenvalue weighted by molar-refractivity contribution is -0.123. The predicted octanol–water partition coefficient (Wildman–Crippen LogP) is 7.72. The van der Waals surface area contributed by atoms with Crippen molar-refractivity contribution in [1.82, 2.24) is 44.1 Å². The Morgan fingerprint density at radius 3 is 1.74 bits per heavy atom. The van der Waals surface area contributed by atoms with Crippen molar-refractivity contribution >= 4 is 62.9 Å². The van der Waals surface area contributed by atoms with Crippen LogP contribution in [0.2, 0.25) is 0 Å². The summed E-state index contributed by atoms with van der Waals surface area (Å²) in [6.45, 7) is 5.91. The van der Waals surface area contributed by atoms with E-state index in [9.17, 15) is 19.5 Å². The highest BCUT2D eigenvalue weighted by Crippen LogP contribution is 2.34. The molecule has 0 saturated heterocycles. The van der Waals surface area contributed by atoms with Gasteiger partial charge in [0.25, 0.3) is 0 Å². The number of benzene rings is 4. The fourth-order valence-electron chi connectivity index (χ4n) is 8.63.